The summed E-state index contributed by atoms with van der Waals surface area (Å²) in [7, 11) is 0. The van der Waals surface area contributed by atoms with E-state index < -0.39 is 11.5 Å². The Morgan fingerprint density at radius 3 is 2.24 bits per heavy atom. The van der Waals surface area contributed by atoms with Gasteiger partial charge in [-0.05, 0) is 50.9 Å². The molecular weight excluding hydrogens is 420 g/mol. The highest BCUT2D eigenvalue weighted by molar-refractivity contribution is 6.03. The maximum Gasteiger partial charge on any atom is 0.315 e. The van der Waals surface area contributed by atoms with Crippen molar-refractivity contribution in [3.63, 3.8) is 0 Å². The fraction of sp³-hybridized carbons (Fsp3) is 0.840. The van der Waals surface area contributed by atoms with Crippen LogP contribution in [0.2, 0.25) is 0 Å². The fourth-order valence-electron chi connectivity index (χ4n) is 6.91. The van der Waals surface area contributed by atoms with Crippen molar-refractivity contribution >= 4 is 23.8 Å². The van der Waals surface area contributed by atoms with E-state index in [1.807, 2.05) is 18.7 Å². The molecule has 8 nitrogen and oxygen atoms in total. The minimum atomic E-state index is -0.646. The van der Waals surface area contributed by atoms with Gasteiger partial charge in [0.2, 0.25) is 17.7 Å². The summed E-state index contributed by atoms with van der Waals surface area (Å²) >= 11 is 0. The molecule has 8 heteroatoms. The summed E-state index contributed by atoms with van der Waals surface area (Å²) in [5.74, 6) is -0.272. The van der Waals surface area contributed by atoms with Gasteiger partial charge in [0.15, 0.2) is 0 Å². The minimum absolute atomic E-state index is 0.0136. The standard InChI is InChI=1S/C25H38N4O4/c1-15(2)19(27-24(33)26-17-7-3-4-8-17)22(31)28-14-11-18-20(28)25(12-5-6-13-25)23(32)29(18)21(30)16-9-10-16/h15-20H,3-14H2,1-2H3,(H2,26,27,33)/t18-,19-,20-/m0/s1. The highest BCUT2D eigenvalue weighted by Crippen LogP contribution is 2.54. The number of imide groups is 1. The van der Waals surface area contributed by atoms with Crippen LogP contribution in [0, 0.1) is 17.3 Å². The third-order valence-corrected chi connectivity index (χ3v) is 8.76. The van der Waals surface area contributed by atoms with Crippen molar-refractivity contribution in [2.45, 2.75) is 109 Å². The third-order valence-electron chi connectivity index (χ3n) is 8.76. The third kappa shape index (κ3) is 3.83. The van der Waals surface area contributed by atoms with Gasteiger partial charge in [-0.3, -0.25) is 19.3 Å². The summed E-state index contributed by atoms with van der Waals surface area (Å²) in [4.78, 5) is 56.7. The predicted molar refractivity (Wildman–Crippen MR) is 122 cm³/mol. The SMILES string of the molecule is CC(C)[C@H](NC(=O)NC1CCCC1)C(=O)N1CC[C@H]2[C@H]1C1(CCCC1)C(=O)N2C(=O)C1CC1. The molecule has 182 valence electrons. The van der Waals surface area contributed by atoms with Crippen LogP contribution < -0.4 is 10.6 Å². The van der Waals surface area contributed by atoms with Gasteiger partial charge >= 0.3 is 6.03 Å². The Morgan fingerprint density at radius 1 is 0.970 bits per heavy atom. The fourth-order valence-corrected chi connectivity index (χ4v) is 6.91. The lowest BCUT2D eigenvalue weighted by molar-refractivity contribution is -0.149. The van der Waals surface area contributed by atoms with Crippen LogP contribution in [0.3, 0.4) is 0 Å². The number of nitrogens with zero attached hydrogens (tertiary/aromatic N) is 2. The molecule has 0 aromatic carbocycles. The van der Waals surface area contributed by atoms with E-state index in [0.29, 0.717) is 13.0 Å². The van der Waals surface area contributed by atoms with Gasteiger partial charge in [0.25, 0.3) is 0 Å². The normalized spacial score (nSPS) is 29.7. The molecule has 2 N–H and O–H groups in total. The Kier molecular flexibility index (Phi) is 5.90. The average molecular weight is 459 g/mol. The minimum Gasteiger partial charge on any atom is -0.335 e. The molecule has 5 amide bonds. The first-order valence-corrected chi connectivity index (χ1v) is 13.1. The first-order valence-electron chi connectivity index (χ1n) is 13.1. The molecule has 5 aliphatic rings. The summed E-state index contributed by atoms with van der Waals surface area (Å²) in [6.07, 6.45) is 9.99. The first kappa shape index (κ1) is 22.7. The molecule has 2 saturated heterocycles. The zero-order valence-corrected chi connectivity index (χ0v) is 20.0. The van der Waals surface area contributed by atoms with Crippen molar-refractivity contribution in [1.82, 2.24) is 20.4 Å². The van der Waals surface area contributed by atoms with E-state index in [1.54, 1.807) is 4.90 Å². The van der Waals surface area contributed by atoms with Crippen LogP contribution in [-0.2, 0) is 14.4 Å². The van der Waals surface area contributed by atoms with E-state index in [-0.39, 0.29) is 53.7 Å². The summed E-state index contributed by atoms with van der Waals surface area (Å²) in [5, 5.41) is 5.97. The van der Waals surface area contributed by atoms with E-state index in [4.69, 9.17) is 0 Å². The second kappa shape index (κ2) is 8.58. The molecule has 0 aromatic rings. The summed E-state index contributed by atoms with van der Waals surface area (Å²) in [5.41, 5.74) is -0.630. The molecule has 0 unspecified atom stereocenters. The number of fused-ring (bicyclic) bond motifs is 2. The molecule has 3 atom stereocenters. The van der Waals surface area contributed by atoms with Crippen molar-refractivity contribution in [2.24, 2.45) is 17.3 Å². The number of urea groups is 1. The van der Waals surface area contributed by atoms with Gasteiger partial charge in [-0.15, -0.1) is 0 Å². The molecule has 0 radical (unpaired) electrons. The van der Waals surface area contributed by atoms with Crippen LogP contribution in [0.25, 0.3) is 0 Å². The van der Waals surface area contributed by atoms with Gasteiger partial charge in [0.1, 0.15) is 6.04 Å². The van der Waals surface area contributed by atoms with Gasteiger partial charge in [0, 0.05) is 18.5 Å². The van der Waals surface area contributed by atoms with Gasteiger partial charge in [-0.25, -0.2) is 4.79 Å². The van der Waals surface area contributed by atoms with E-state index >= 15 is 0 Å². The van der Waals surface area contributed by atoms with Crippen molar-refractivity contribution in [2.75, 3.05) is 6.54 Å². The molecule has 33 heavy (non-hydrogen) atoms. The topological polar surface area (TPSA) is 98.8 Å². The zero-order valence-electron chi connectivity index (χ0n) is 20.0. The molecule has 5 fully saturated rings. The van der Waals surface area contributed by atoms with E-state index in [9.17, 15) is 19.2 Å². The first-order chi connectivity index (χ1) is 15.8. The van der Waals surface area contributed by atoms with Crippen LogP contribution in [0.5, 0.6) is 0 Å². The number of likely N-dealkylation sites (tertiary alicyclic amines) is 2. The lowest BCUT2D eigenvalue weighted by atomic mass is 9.78. The van der Waals surface area contributed by atoms with Crippen molar-refractivity contribution in [1.29, 1.82) is 0 Å². The molecule has 2 aliphatic heterocycles. The van der Waals surface area contributed by atoms with Gasteiger partial charge in [0.05, 0.1) is 17.5 Å². The Morgan fingerprint density at radius 2 is 1.64 bits per heavy atom. The quantitative estimate of drug-likeness (QED) is 0.619. The Balaban J connectivity index is 1.36. The number of hydrogen-bond acceptors (Lipinski definition) is 4. The number of carbonyl (C=O) groups is 4. The predicted octanol–water partition coefficient (Wildman–Crippen LogP) is 2.56. The maximum absolute atomic E-state index is 13.8. The van der Waals surface area contributed by atoms with Crippen molar-refractivity contribution < 1.29 is 19.2 Å². The zero-order chi connectivity index (χ0) is 23.3. The Labute approximate surface area is 196 Å². The number of nitrogens with one attached hydrogen (secondary N) is 2. The smallest absolute Gasteiger partial charge is 0.315 e. The molecule has 0 aromatic heterocycles. The monoisotopic (exact) mass is 458 g/mol. The number of carbonyl (C=O) groups excluding carboxylic acids is 4. The lowest BCUT2D eigenvalue weighted by Gasteiger charge is -2.37. The highest BCUT2D eigenvalue weighted by atomic mass is 16.2. The molecule has 1 spiro atoms. The summed E-state index contributed by atoms with van der Waals surface area (Å²) < 4.78 is 0. The van der Waals surface area contributed by atoms with Gasteiger partial charge < -0.3 is 15.5 Å². The van der Waals surface area contributed by atoms with Crippen LogP contribution in [-0.4, -0.2) is 64.3 Å². The molecule has 3 aliphatic carbocycles. The van der Waals surface area contributed by atoms with Gasteiger partial charge in [-0.2, -0.15) is 0 Å². The van der Waals surface area contributed by atoms with E-state index in [1.165, 1.54) is 0 Å². The van der Waals surface area contributed by atoms with E-state index in [0.717, 1.165) is 64.2 Å². The molecule has 3 saturated carbocycles. The van der Waals surface area contributed by atoms with Crippen LogP contribution in [0.1, 0.15) is 84.5 Å². The Bertz CT molecular complexity index is 826. The van der Waals surface area contributed by atoms with Crippen LogP contribution in [0.15, 0.2) is 0 Å². The molecule has 0 bridgehead atoms. The number of rotatable bonds is 5. The largest absolute Gasteiger partial charge is 0.335 e. The second-order valence-electron chi connectivity index (χ2n) is 11.3. The van der Waals surface area contributed by atoms with Gasteiger partial charge in [-0.1, -0.05) is 39.5 Å². The maximum atomic E-state index is 13.8. The average Bonchev–Trinajstić information content (AvgIpc) is 3.14. The molecule has 5 rings (SSSR count). The molecular formula is C25H38N4O4. The van der Waals surface area contributed by atoms with Crippen molar-refractivity contribution in [3.05, 3.63) is 0 Å². The van der Waals surface area contributed by atoms with Crippen LogP contribution in [0.4, 0.5) is 4.79 Å². The van der Waals surface area contributed by atoms with Crippen molar-refractivity contribution in [3.8, 4) is 0 Å². The second-order valence-corrected chi connectivity index (χ2v) is 11.3. The Hall–Kier alpha value is -2.12. The number of hydrogen-bond donors (Lipinski definition) is 2. The number of amides is 5. The highest BCUT2D eigenvalue weighted by Gasteiger charge is 2.66. The summed E-state index contributed by atoms with van der Waals surface area (Å²) in [6.45, 7) is 4.42. The lowest BCUT2D eigenvalue weighted by Crippen LogP contribution is -2.58. The van der Waals surface area contributed by atoms with Crippen LogP contribution >= 0.6 is 0 Å². The molecule has 2 heterocycles. The van der Waals surface area contributed by atoms with E-state index in [2.05, 4.69) is 10.6 Å². The summed E-state index contributed by atoms with van der Waals surface area (Å²) in [6, 6.07) is -1.23.